The molecule has 0 spiro atoms. The van der Waals surface area contributed by atoms with E-state index in [1.54, 1.807) is 18.5 Å². The zero-order chi connectivity index (χ0) is 13.6. The van der Waals surface area contributed by atoms with Gasteiger partial charge in [-0.25, -0.2) is 0 Å². The van der Waals surface area contributed by atoms with Crippen molar-refractivity contribution >= 4 is 10.2 Å². The Labute approximate surface area is 110 Å². The van der Waals surface area contributed by atoms with Gasteiger partial charge in [0, 0.05) is 39.8 Å². The highest BCUT2D eigenvalue weighted by Crippen LogP contribution is 2.16. The molecule has 18 heavy (non-hydrogen) atoms. The van der Waals surface area contributed by atoms with E-state index in [0.29, 0.717) is 19.7 Å². The predicted molar refractivity (Wildman–Crippen MR) is 71.7 cm³/mol. The van der Waals surface area contributed by atoms with Crippen LogP contribution in [0.15, 0.2) is 0 Å². The highest BCUT2D eigenvalue weighted by atomic mass is 32.2. The summed E-state index contributed by atoms with van der Waals surface area (Å²) in [5.74, 6) is 0. The van der Waals surface area contributed by atoms with Gasteiger partial charge in [-0.3, -0.25) is 0 Å². The molecule has 0 saturated carbocycles. The van der Waals surface area contributed by atoms with Crippen molar-refractivity contribution in [3.05, 3.63) is 0 Å². The van der Waals surface area contributed by atoms with Crippen LogP contribution in [0.4, 0.5) is 0 Å². The smallest absolute Gasteiger partial charge is 0.282 e. The Morgan fingerprint density at radius 2 is 2.11 bits per heavy atom. The summed E-state index contributed by atoms with van der Waals surface area (Å²) >= 11 is 0. The van der Waals surface area contributed by atoms with Crippen LogP contribution in [0.2, 0.25) is 0 Å². The van der Waals surface area contributed by atoms with Crippen LogP contribution in [0.5, 0.6) is 0 Å². The first-order valence-corrected chi connectivity index (χ1v) is 7.86. The second kappa shape index (κ2) is 7.40. The SMILES string of the molecule is CCCN(C1CCNC1)S(=O)(=O)N(C)CCOC. The van der Waals surface area contributed by atoms with Crippen molar-refractivity contribution in [1.29, 1.82) is 0 Å². The summed E-state index contributed by atoms with van der Waals surface area (Å²) in [7, 11) is -0.187. The molecule has 1 rings (SSSR count). The van der Waals surface area contributed by atoms with E-state index in [2.05, 4.69) is 5.32 Å². The van der Waals surface area contributed by atoms with Crippen molar-refractivity contribution in [2.45, 2.75) is 25.8 Å². The van der Waals surface area contributed by atoms with E-state index in [9.17, 15) is 8.42 Å². The quantitative estimate of drug-likeness (QED) is 0.673. The fraction of sp³-hybridized carbons (Fsp3) is 1.00. The Balaban J connectivity index is 2.75. The molecule has 1 unspecified atom stereocenters. The van der Waals surface area contributed by atoms with E-state index in [1.165, 1.54) is 4.31 Å². The van der Waals surface area contributed by atoms with Gasteiger partial charge in [-0.05, 0) is 19.4 Å². The zero-order valence-electron chi connectivity index (χ0n) is 11.6. The van der Waals surface area contributed by atoms with Gasteiger partial charge in [0.15, 0.2) is 0 Å². The first kappa shape index (κ1) is 15.8. The van der Waals surface area contributed by atoms with Crippen LogP contribution in [0.1, 0.15) is 19.8 Å². The maximum absolute atomic E-state index is 12.5. The molecule has 7 heteroatoms. The molecule has 0 aromatic rings. The zero-order valence-corrected chi connectivity index (χ0v) is 12.4. The van der Waals surface area contributed by atoms with Crippen LogP contribution in [-0.2, 0) is 14.9 Å². The van der Waals surface area contributed by atoms with Crippen LogP contribution in [0.3, 0.4) is 0 Å². The molecule has 1 aliphatic heterocycles. The molecule has 0 radical (unpaired) electrons. The number of methoxy groups -OCH3 is 1. The number of rotatable bonds is 8. The van der Waals surface area contributed by atoms with Crippen LogP contribution in [0, 0.1) is 0 Å². The number of hydrogen-bond acceptors (Lipinski definition) is 4. The van der Waals surface area contributed by atoms with Gasteiger partial charge in [0.1, 0.15) is 0 Å². The Kier molecular flexibility index (Phi) is 6.51. The minimum Gasteiger partial charge on any atom is -0.383 e. The summed E-state index contributed by atoms with van der Waals surface area (Å²) in [6, 6.07) is 0.0833. The summed E-state index contributed by atoms with van der Waals surface area (Å²) < 4.78 is 32.9. The average molecular weight is 279 g/mol. The largest absolute Gasteiger partial charge is 0.383 e. The van der Waals surface area contributed by atoms with Crippen LogP contribution >= 0.6 is 0 Å². The number of ether oxygens (including phenoxy) is 1. The second-order valence-corrected chi connectivity index (χ2v) is 6.57. The Morgan fingerprint density at radius 3 is 2.61 bits per heavy atom. The fourth-order valence-corrected chi connectivity index (χ4v) is 3.74. The highest BCUT2D eigenvalue weighted by molar-refractivity contribution is 7.86. The minimum absolute atomic E-state index is 0.0833. The maximum Gasteiger partial charge on any atom is 0.282 e. The molecule has 0 aromatic heterocycles. The minimum atomic E-state index is -3.37. The lowest BCUT2D eigenvalue weighted by Crippen LogP contribution is -2.49. The molecule has 1 N–H and O–H groups in total. The summed E-state index contributed by atoms with van der Waals surface area (Å²) in [4.78, 5) is 0. The molecule has 6 nitrogen and oxygen atoms in total. The third kappa shape index (κ3) is 3.89. The lowest BCUT2D eigenvalue weighted by atomic mass is 10.2. The third-order valence-electron chi connectivity index (χ3n) is 3.19. The van der Waals surface area contributed by atoms with Crippen LogP contribution in [-0.4, -0.2) is 70.0 Å². The van der Waals surface area contributed by atoms with Gasteiger partial charge < -0.3 is 10.1 Å². The first-order chi connectivity index (χ1) is 8.54. The predicted octanol–water partition coefficient (Wildman–Crippen LogP) is -0.117. The normalized spacial score (nSPS) is 21.1. The van der Waals surface area contributed by atoms with Crippen molar-refractivity contribution in [1.82, 2.24) is 13.9 Å². The summed E-state index contributed by atoms with van der Waals surface area (Å²) in [6.45, 7) is 5.02. The molecule has 1 fully saturated rings. The summed E-state index contributed by atoms with van der Waals surface area (Å²) in [5, 5.41) is 3.22. The van der Waals surface area contributed by atoms with Gasteiger partial charge in [-0.1, -0.05) is 6.92 Å². The third-order valence-corrected chi connectivity index (χ3v) is 5.23. The molecule has 1 heterocycles. The monoisotopic (exact) mass is 279 g/mol. The molecular weight excluding hydrogens is 254 g/mol. The molecule has 0 bridgehead atoms. The van der Waals surface area contributed by atoms with E-state index in [1.807, 2.05) is 6.92 Å². The van der Waals surface area contributed by atoms with Crippen molar-refractivity contribution in [2.75, 3.05) is 46.9 Å². The molecule has 1 atom stereocenters. The van der Waals surface area contributed by atoms with Gasteiger partial charge in [-0.15, -0.1) is 0 Å². The Hall–Kier alpha value is -0.210. The van der Waals surface area contributed by atoms with Crippen LogP contribution < -0.4 is 5.32 Å². The Morgan fingerprint density at radius 1 is 1.39 bits per heavy atom. The number of nitrogens with one attached hydrogen (secondary N) is 1. The number of likely N-dealkylation sites (N-methyl/N-ethyl adjacent to an activating group) is 1. The van der Waals surface area contributed by atoms with E-state index in [-0.39, 0.29) is 6.04 Å². The van der Waals surface area contributed by atoms with E-state index in [4.69, 9.17) is 4.74 Å². The molecule has 108 valence electrons. The van der Waals surface area contributed by atoms with E-state index in [0.717, 1.165) is 25.9 Å². The van der Waals surface area contributed by atoms with Crippen molar-refractivity contribution in [2.24, 2.45) is 0 Å². The molecule has 0 amide bonds. The topological polar surface area (TPSA) is 61.9 Å². The van der Waals surface area contributed by atoms with Crippen molar-refractivity contribution in [3.63, 3.8) is 0 Å². The van der Waals surface area contributed by atoms with Crippen molar-refractivity contribution < 1.29 is 13.2 Å². The molecule has 0 aliphatic carbocycles. The molecule has 1 aliphatic rings. The molecule has 0 aromatic carbocycles. The number of hydrogen-bond donors (Lipinski definition) is 1. The summed E-state index contributed by atoms with van der Waals surface area (Å²) in [6.07, 6.45) is 1.71. The van der Waals surface area contributed by atoms with Crippen LogP contribution in [0.25, 0.3) is 0 Å². The Bertz CT molecular complexity index is 328. The van der Waals surface area contributed by atoms with E-state index < -0.39 is 10.2 Å². The second-order valence-electron chi connectivity index (χ2n) is 4.58. The highest BCUT2D eigenvalue weighted by Gasteiger charge is 2.33. The standard InChI is InChI=1S/C11H25N3O3S/c1-4-7-14(11-5-6-12-10-11)18(15,16)13(2)8-9-17-3/h11-12H,4-10H2,1-3H3. The first-order valence-electron chi connectivity index (χ1n) is 6.46. The van der Waals surface area contributed by atoms with Gasteiger partial charge >= 0.3 is 0 Å². The average Bonchev–Trinajstić information content (AvgIpc) is 2.85. The van der Waals surface area contributed by atoms with E-state index >= 15 is 0 Å². The van der Waals surface area contributed by atoms with Gasteiger partial charge in [0.05, 0.1) is 6.61 Å². The molecule has 1 saturated heterocycles. The van der Waals surface area contributed by atoms with Gasteiger partial charge in [0.2, 0.25) is 0 Å². The number of nitrogens with zero attached hydrogens (tertiary/aromatic N) is 2. The lowest BCUT2D eigenvalue weighted by molar-refractivity contribution is 0.181. The fourth-order valence-electron chi connectivity index (χ4n) is 2.11. The van der Waals surface area contributed by atoms with Crippen molar-refractivity contribution in [3.8, 4) is 0 Å². The van der Waals surface area contributed by atoms with Gasteiger partial charge in [-0.2, -0.15) is 17.0 Å². The molecular formula is C11H25N3O3S. The van der Waals surface area contributed by atoms with Gasteiger partial charge in [0.25, 0.3) is 10.2 Å². The lowest BCUT2D eigenvalue weighted by Gasteiger charge is -2.31. The summed E-state index contributed by atoms with van der Waals surface area (Å²) in [5.41, 5.74) is 0. The maximum atomic E-state index is 12.5.